The van der Waals surface area contributed by atoms with Crippen molar-refractivity contribution in [3.05, 3.63) is 135 Å². The Morgan fingerprint density at radius 3 is 1.75 bits per heavy atom. The van der Waals surface area contributed by atoms with Crippen LogP contribution in [0.25, 0.3) is 11.8 Å². The molecule has 0 unspecified atom stereocenters. The van der Waals surface area contributed by atoms with Crippen LogP contribution in [0.15, 0.2) is 118 Å². The van der Waals surface area contributed by atoms with E-state index in [1.165, 1.54) is 23.1 Å². The zero-order chi connectivity index (χ0) is 32.5. The SMILES string of the molecule is CC(C)(C)C(C=Cc1ccc(C(C)(C)C)cc1)=C(Oc1ccccc1)c1ccccc1.C[C](C)=[Ti][C]1=CC(C(C)(C)C)=CC1. The predicted molar refractivity (Wildman–Crippen MR) is 191 cm³/mol. The van der Waals surface area contributed by atoms with Gasteiger partial charge in [0.2, 0.25) is 0 Å². The summed E-state index contributed by atoms with van der Waals surface area (Å²) in [6, 6.07) is 29.2. The van der Waals surface area contributed by atoms with Gasteiger partial charge in [-0.05, 0) is 34.1 Å². The fourth-order valence-corrected chi connectivity index (χ4v) is 6.54. The number of allylic oxidation sites excluding steroid dienone is 6. The first-order valence-corrected chi connectivity index (χ1v) is 17.4. The number of rotatable bonds is 6. The summed E-state index contributed by atoms with van der Waals surface area (Å²) in [6.07, 6.45) is 10.5. The number of hydrogen-bond donors (Lipinski definition) is 0. The molecule has 0 saturated carbocycles. The third kappa shape index (κ3) is 11.2. The maximum absolute atomic E-state index is 6.47. The van der Waals surface area contributed by atoms with Gasteiger partial charge in [-0.15, -0.1) is 0 Å². The standard InChI is InChI=1S/C30H34O.C9H13.C3H6.Ti/c1-29(2,3)25-20-17-23(18-21-25)19-22-27(30(4,5)6)28(24-13-9-7-10-14-24)31-26-15-11-8-12-16-26;1-9(2,3)8-6-4-5-7-8;1-3-2;/h7-22H,1-6H3;6-7H,4H2,1-3H3;1-2H3;. The minimum absolute atomic E-state index is 0.0803. The summed E-state index contributed by atoms with van der Waals surface area (Å²) >= 11 is 0.0803. The van der Waals surface area contributed by atoms with Gasteiger partial charge in [-0.25, -0.2) is 0 Å². The van der Waals surface area contributed by atoms with Crippen molar-refractivity contribution in [1.29, 1.82) is 0 Å². The molecule has 0 aliphatic heterocycles. The van der Waals surface area contributed by atoms with Crippen LogP contribution in [0.1, 0.15) is 99.3 Å². The summed E-state index contributed by atoms with van der Waals surface area (Å²) in [6.45, 7) is 24.8. The van der Waals surface area contributed by atoms with Gasteiger partial charge in [0, 0.05) is 11.1 Å². The van der Waals surface area contributed by atoms with Gasteiger partial charge in [0.15, 0.2) is 0 Å². The monoisotopic (exact) mass is 621 g/mol. The molecule has 1 aliphatic carbocycles. The summed E-state index contributed by atoms with van der Waals surface area (Å²) in [5.74, 6) is 1.73. The van der Waals surface area contributed by atoms with E-state index in [0.717, 1.165) is 22.6 Å². The van der Waals surface area contributed by atoms with Gasteiger partial charge in [0.05, 0.1) is 0 Å². The minimum atomic E-state index is -0.0954. The van der Waals surface area contributed by atoms with Crippen molar-refractivity contribution in [2.75, 3.05) is 0 Å². The van der Waals surface area contributed by atoms with Crippen molar-refractivity contribution in [2.45, 2.75) is 88.0 Å². The third-order valence-corrected chi connectivity index (χ3v) is 9.25. The van der Waals surface area contributed by atoms with Gasteiger partial charge < -0.3 is 4.74 Å². The van der Waals surface area contributed by atoms with Crippen LogP contribution < -0.4 is 4.74 Å². The number of hydrogen-bond acceptors (Lipinski definition) is 1. The molecule has 231 valence electrons. The van der Waals surface area contributed by atoms with Crippen LogP contribution in [0.5, 0.6) is 5.75 Å². The molecule has 0 atom stereocenters. The van der Waals surface area contributed by atoms with E-state index in [0.29, 0.717) is 5.41 Å². The first kappa shape index (κ1) is 35.5. The molecule has 0 aromatic heterocycles. The average Bonchev–Trinajstić information content (AvgIpc) is 3.42. The molecule has 2 heteroatoms. The average molecular weight is 622 g/mol. The second kappa shape index (κ2) is 15.3. The molecule has 3 aromatic carbocycles. The molecule has 0 radical (unpaired) electrons. The Morgan fingerprint density at radius 1 is 0.705 bits per heavy atom. The first-order valence-electron chi connectivity index (χ1n) is 15.8. The Hall–Kier alpha value is -3.00. The molecule has 1 nitrogen and oxygen atoms in total. The van der Waals surface area contributed by atoms with Crippen molar-refractivity contribution in [3.63, 3.8) is 0 Å². The molecule has 0 bridgehead atoms. The quantitative estimate of drug-likeness (QED) is 0.151. The van der Waals surface area contributed by atoms with E-state index in [-0.39, 0.29) is 29.5 Å². The summed E-state index contributed by atoms with van der Waals surface area (Å²) < 4.78 is 9.80. The fraction of sp³-hybridized carbons (Fsp3) is 0.357. The molecule has 0 saturated heterocycles. The van der Waals surface area contributed by atoms with Crippen molar-refractivity contribution in [2.24, 2.45) is 10.8 Å². The van der Waals surface area contributed by atoms with Crippen molar-refractivity contribution in [3.8, 4) is 5.75 Å². The van der Waals surface area contributed by atoms with Crippen LogP contribution in [-0.4, -0.2) is 3.81 Å². The van der Waals surface area contributed by atoms with E-state index >= 15 is 0 Å². The van der Waals surface area contributed by atoms with Crippen molar-refractivity contribution >= 4 is 15.6 Å². The molecular weight excluding hydrogens is 568 g/mol. The Labute approximate surface area is 277 Å². The Bertz CT molecular complexity index is 1510. The zero-order valence-electron chi connectivity index (χ0n) is 29.0. The van der Waals surface area contributed by atoms with Crippen molar-refractivity contribution < 1.29 is 23.4 Å². The molecule has 0 N–H and O–H groups in total. The molecule has 0 heterocycles. The van der Waals surface area contributed by atoms with Crippen LogP contribution in [0.4, 0.5) is 0 Å². The van der Waals surface area contributed by atoms with E-state index in [9.17, 15) is 0 Å². The molecule has 4 rings (SSSR count). The van der Waals surface area contributed by atoms with Gasteiger partial charge in [0.1, 0.15) is 11.5 Å². The Morgan fingerprint density at radius 2 is 1.27 bits per heavy atom. The van der Waals surface area contributed by atoms with Gasteiger partial charge in [0.25, 0.3) is 0 Å². The van der Waals surface area contributed by atoms with Crippen LogP contribution >= 0.6 is 0 Å². The van der Waals surface area contributed by atoms with Crippen LogP contribution in [0.3, 0.4) is 0 Å². The van der Waals surface area contributed by atoms with Gasteiger partial charge >= 0.3 is 90.6 Å². The normalized spacial score (nSPS) is 14.2. The second-order valence-corrected chi connectivity index (χ2v) is 17.8. The molecule has 0 amide bonds. The molecule has 3 aromatic rings. The molecule has 44 heavy (non-hydrogen) atoms. The third-order valence-electron chi connectivity index (χ3n) is 7.42. The van der Waals surface area contributed by atoms with Gasteiger partial charge in [-0.2, -0.15) is 0 Å². The van der Waals surface area contributed by atoms with Crippen molar-refractivity contribution in [1.82, 2.24) is 0 Å². The Balaban J connectivity index is 0.000000340. The first-order chi connectivity index (χ1) is 20.5. The predicted octanol–water partition coefficient (Wildman–Crippen LogP) is 12.1. The maximum atomic E-state index is 6.47. The van der Waals surface area contributed by atoms with Crippen LogP contribution in [0.2, 0.25) is 0 Å². The van der Waals surface area contributed by atoms with E-state index in [2.05, 4.69) is 149 Å². The summed E-state index contributed by atoms with van der Waals surface area (Å²) in [5, 5.41) is 0. The topological polar surface area (TPSA) is 9.23 Å². The second-order valence-electron chi connectivity index (χ2n) is 14.9. The summed E-state index contributed by atoms with van der Waals surface area (Å²) in [5.41, 5.74) is 6.69. The zero-order valence-corrected chi connectivity index (χ0v) is 30.6. The molecule has 1 aliphatic rings. The fourth-order valence-electron chi connectivity index (χ4n) is 4.86. The Kier molecular flexibility index (Phi) is 12.4. The van der Waals surface area contributed by atoms with E-state index in [4.69, 9.17) is 4.74 Å². The van der Waals surface area contributed by atoms with Crippen LogP contribution in [0, 0.1) is 10.8 Å². The number of benzene rings is 3. The number of para-hydroxylation sites is 1. The van der Waals surface area contributed by atoms with Crippen LogP contribution in [-0.2, 0) is 24.1 Å². The van der Waals surface area contributed by atoms with E-state index in [1.54, 1.807) is 7.69 Å². The molecular formula is C42H53OTi. The van der Waals surface area contributed by atoms with E-state index < -0.39 is 0 Å². The summed E-state index contributed by atoms with van der Waals surface area (Å²) in [4.78, 5) is 0. The van der Waals surface area contributed by atoms with Gasteiger partial charge in [-0.1, -0.05) is 126 Å². The molecule has 0 fully saturated rings. The summed E-state index contributed by atoms with van der Waals surface area (Å²) in [7, 11) is 0. The molecule has 0 spiro atoms. The van der Waals surface area contributed by atoms with Gasteiger partial charge in [-0.3, -0.25) is 0 Å². The number of ether oxygens (including phenoxy) is 1. The van der Waals surface area contributed by atoms with E-state index in [1.807, 2.05) is 36.4 Å².